The van der Waals surface area contributed by atoms with E-state index in [1.807, 2.05) is 0 Å². The number of ether oxygens (including phenoxy) is 2. The number of alkyl halides is 6. The molecule has 2 aromatic rings. The van der Waals surface area contributed by atoms with E-state index < -0.39 is 69.4 Å². The summed E-state index contributed by atoms with van der Waals surface area (Å²) in [5, 5.41) is 2.35. The Hall–Kier alpha value is -3.60. The van der Waals surface area contributed by atoms with Gasteiger partial charge in [0.05, 0.1) is 4.90 Å². The molecule has 2 amide bonds. The Morgan fingerprint density at radius 3 is 2.13 bits per heavy atom. The minimum Gasteiger partial charge on any atom is -0.406 e. The molecule has 0 spiro atoms. The number of sulfonamides is 1. The third-order valence-electron chi connectivity index (χ3n) is 5.43. The fourth-order valence-corrected chi connectivity index (χ4v) is 5.24. The van der Waals surface area contributed by atoms with Gasteiger partial charge in [-0.2, -0.15) is 4.31 Å². The van der Waals surface area contributed by atoms with Crippen LogP contribution < -0.4 is 14.8 Å². The lowest BCUT2D eigenvalue weighted by Gasteiger charge is -2.39. The largest absolute Gasteiger partial charge is 0.573 e. The van der Waals surface area contributed by atoms with Gasteiger partial charge < -0.3 is 19.7 Å². The predicted octanol–water partition coefficient (Wildman–Crippen LogP) is 3.16. The van der Waals surface area contributed by atoms with Gasteiger partial charge in [0.25, 0.3) is 0 Å². The number of carbonyl (C=O) groups excluding carboxylic acids is 2. The van der Waals surface area contributed by atoms with Crippen LogP contribution in [0.3, 0.4) is 0 Å². The molecule has 1 atom stereocenters. The van der Waals surface area contributed by atoms with Crippen molar-refractivity contribution in [2.75, 3.05) is 19.6 Å². The van der Waals surface area contributed by atoms with Crippen LogP contribution in [0.25, 0.3) is 0 Å². The minimum absolute atomic E-state index is 0.0178. The molecule has 1 N–H and O–H groups in total. The van der Waals surface area contributed by atoms with Gasteiger partial charge in [-0.05, 0) is 42.0 Å². The predicted molar refractivity (Wildman–Crippen MR) is 118 cm³/mol. The maximum Gasteiger partial charge on any atom is 0.573 e. The highest BCUT2D eigenvalue weighted by Gasteiger charge is 2.41. The quantitative estimate of drug-likeness (QED) is 0.500. The van der Waals surface area contributed by atoms with E-state index in [2.05, 4.69) is 14.8 Å². The first-order valence-electron chi connectivity index (χ1n) is 10.9. The zero-order valence-electron chi connectivity index (χ0n) is 19.8. The molecule has 214 valence electrons. The lowest BCUT2D eigenvalue weighted by molar-refractivity contribution is -0.276. The van der Waals surface area contributed by atoms with Crippen LogP contribution >= 0.6 is 0 Å². The van der Waals surface area contributed by atoms with Crippen LogP contribution in [0.2, 0.25) is 0 Å². The lowest BCUT2D eigenvalue weighted by Crippen LogP contribution is -2.61. The standard InChI is InChI=1S/C22H20F7N3O6S/c1-13(33)31-8-9-32(39(35,36)16-5-3-15(4-6-16)37-21(24,25)26)18(12-31)20(34)30-11-14-2-7-19(17(23)10-14)38-22(27,28)29/h2-7,10,18H,8-9,11-12H2,1H3,(H,30,34)/t18-/m1/s1. The van der Waals surface area contributed by atoms with Crippen LogP contribution in [0, 0.1) is 5.82 Å². The number of halogens is 7. The number of carbonyl (C=O) groups is 2. The minimum atomic E-state index is -5.12. The van der Waals surface area contributed by atoms with E-state index in [1.54, 1.807) is 0 Å². The van der Waals surface area contributed by atoms with Crippen LogP contribution in [0.5, 0.6) is 11.5 Å². The summed E-state index contributed by atoms with van der Waals surface area (Å²) in [6.07, 6.45) is -10.1. The molecule has 1 fully saturated rings. The highest BCUT2D eigenvalue weighted by molar-refractivity contribution is 7.89. The Labute approximate surface area is 217 Å². The van der Waals surface area contributed by atoms with Crippen molar-refractivity contribution in [3.8, 4) is 11.5 Å². The van der Waals surface area contributed by atoms with Crippen LogP contribution in [-0.2, 0) is 26.2 Å². The number of nitrogens with one attached hydrogen (secondary N) is 1. The SMILES string of the molecule is CC(=O)N1CCN(S(=O)(=O)c2ccc(OC(F)(F)F)cc2)[C@@H](C(=O)NCc2ccc(OC(F)(F)F)c(F)c2)C1. The number of hydrogen-bond acceptors (Lipinski definition) is 6. The lowest BCUT2D eigenvalue weighted by atomic mass is 10.1. The van der Waals surface area contributed by atoms with Gasteiger partial charge in [-0.3, -0.25) is 9.59 Å². The topological polar surface area (TPSA) is 105 Å². The number of amides is 2. The van der Waals surface area contributed by atoms with Gasteiger partial charge in [0.2, 0.25) is 21.8 Å². The summed E-state index contributed by atoms with van der Waals surface area (Å²) < 4.78 is 123. The number of rotatable bonds is 7. The molecule has 1 heterocycles. The maximum absolute atomic E-state index is 14.0. The van der Waals surface area contributed by atoms with Crippen molar-refractivity contribution < 1.29 is 58.2 Å². The van der Waals surface area contributed by atoms with Crippen molar-refractivity contribution in [1.29, 1.82) is 0 Å². The average molecular weight is 587 g/mol. The molecule has 0 aromatic heterocycles. The fourth-order valence-electron chi connectivity index (χ4n) is 3.67. The Morgan fingerprint density at radius 1 is 0.974 bits per heavy atom. The molecule has 2 aromatic carbocycles. The third kappa shape index (κ3) is 7.95. The molecule has 9 nitrogen and oxygen atoms in total. The Kier molecular flexibility index (Phi) is 8.64. The Bertz CT molecular complexity index is 1320. The summed E-state index contributed by atoms with van der Waals surface area (Å²) in [5.74, 6) is -4.50. The van der Waals surface area contributed by atoms with Crippen molar-refractivity contribution in [2.24, 2.45) is 0 Å². The molecule has 1 aliphatic rings. The molecule has 39 heavy (non-hydrogen) atoms. The molecule has 0 aliphatic carbocycles. The second-order valence-corrected chi connectivity index (χ2v) is 10.0. The van der Waals surface area contributed by atoms with Crippen LogP contribution in [-0.4, -0.2) is 67.8 Å². The highest BCUT2D eigenvalue weighted by atomic mass is 32.2. The normalized spacial score (nSPS) is 17.0. The second-order valence-electron chi connectivity index (χ2n) is 8.15. The van der Waals surface area contributed by atoms with Crippen LogP contribution in [0.15, 0.2) is 47.4 Å². The Balaban J connectivity index is 1.79. The Morgan fingerprint density at radius 2 is 1.59 bits per heavy atom. The van der Waals surface area contributed by atoms with Crippen molar-refractivity contribution in [1.82, 2.24) is 14.5 Å². The van der Waals surface area contributed by atoms with E-state index in [0.29, 0.717) is 12.1 Å². The van der Waals surface area contributed by atoms with Gasteiger partial charge in [-0.15, -0.1) is 26.3 Å². The molecular weight excluding hydrogens is 567 g/mol. The van der Waals surface area contributed by atoms with Crippen molar-refractivity contribution in [3.05, 3.63) is 53.8 Å². The third-order valence-corrected chi connectivity index (χ3v) is 7.35. The molecular formula is C22H20F7N3O6S. The second kappa shape index (κ2) is 11.3. The first kappa shape index (κ1) is 29.9. The van der Waals surface area contributed by atoms with Gasteiger partial charge in [0.1, 0.15) is 11.8 Å². The summed E-state index contributed by atoms with van der Waals surface area (Å²) in [7, 11) is -4.46. The van der Waals surface area contributed by atoms with Crippen molar-refractivity contribution >= 4 is 21.8 Å². The molecule has 3 rings (SSSR count). The van der Waals surface area contributed by atoms with E-state index in [0.717, 1.165) is 34.6 Å². The number of benzene rings is 2. The molecule has 0 unspecified atom stereocenters. The summed E-state index contributed by atoms with van der Waals surface area (Å²) in [5.41, 5.74) is 0.0178. The maximum atomic E-state index is 14.0. The van der Waals surface area contributed by atoms with Crippen molar-refractivity contribution in [2.45, 2.75) is 37.1 Å². The number of nitrogens with zero attached hydrogens (tertiary/aromatic N) is 2. The zero-order valence-corrected chi connectivity index (χ0v) is 20.7. The molecule has 17 heteroatoms. The van der Waals surface area contributed by atoms with Gasteiger partial charge in [-0.25, -0.2) is 12.8 Å². The zero-order chi connectivity index (χ0) is 29.2. The first-order chi connectivity index (χ1) is 18.0. The van der Waals surface area contributed by atoms with E-state index in [9.17, 15) is 48.7 Å². The van der Waals surface area contributed by atoms with E-state index in [-0.39, 0.29) is 25.2 Å². The fraction of sp³-hybridized carbons (Fsp3) is 0.364. The summed E-state index contributed by atoms with van der Waals surface area (Å²) in [6, 6.07) is 4.22. The van der Waals surface area contributed by atoms with Gasteiger partial charge >= 0.3 is 12.7 Å². The highest BCUT2D eigenvalue weighted by Crippen LogP contribution is 2.28. The summed E-state index contributed by atoms with van der Waals surface area (Å²) in [4.78, 5) is 25.6. The molecule has 0 saturated carbocycles. The molecule has 1 aliphatic heterocycles. The first-order valence-corrected chi connectivity index (χ1v) is 12.4. The van der Waals surface area contributed by atoms with E-state index >= 15 is 0 Å². The molecule has 0 radical (unpaired) electrons. The van der Waals surface area contributed by atoms with E-state index in [1.165, 1.54) is 11.8 Å². The van der Waals surface area contributed by atoms with Crippen molar-refractivity contribution in [3.63, 3.8) is 0 Å². The smallest absolute Gasteiger partial charge is 0.406 e. The summed E-state index contributed by atoms with van der Waals surface area (Å²) in [6.45, 7) is -0.0113. The van der Waals surface area contributed by atoms with Gasteiger partial charge in [0.15, 0.2) is 11.6 Å². The van der Waals surface area contributed by atoms with E-state index in [4.69, 9.17) is 0 Å². The molecule has 1 saturated heterocycles. The van der Waals surface area contributed by atoms with Crippen LogP contribution in [0.4, 0.5) is 30.7 Å². The van der Waals surface area contributed by atoms with Gasteiger partial charge in [-0.1, -0.05) is 6.07 Å². The number of hydrogen-bond donors (Lipinski definition) is 1. The van der Waals surface area contributed by atoms with Gasteiger partial charge in [0, 0.05) is 33.1 Å². The summed E-state index contributed by atoms with van der Waals surface area (Å²) >= 11 is 0. The van der Waals surface area contributed by atoms with Crippen LogP contribution in [0.1, 0.15) is 12.5 Å². The molecule has 0 bridgehead atoms. The number of piperazine rings is 1. The average Bonchev–Trinajstić information content (AvgIpc) is 2.82. The monoisotopic (exact) mass is 587 g/mol.